The molecule has 1 fully saturated rings. The molecule has 1 atom stereocenters. The highest BCUT2D eigenvalue weighted by Gasteiger charge is 2.19. The number of nitrogens with zero attached hydrogens (tertiary/aromatic N) is 3. The van der Waals surface area contributed by atoms with Crippen LogP contribution in [0.5, 0.6) is 0 Å². The molecule has 1 saturated heterocycles. The predicted molar refractivity (Wildman–Crippen MR) is 71.5 cm³/mol. The smallest absolute Gasteiger partial charge is 0.227 e. The Kier molecular flexibility index (Phi) is 4.17. The lowest BCUT2D eigenvalue weighted by atomic mass is 10.2. The van der Waals surface area contributed by atoms with E-state index in [-0.39, 0.29) is 0 Å². The molecule has 2 heterocycles. The van der Waals surface area contributed by atoms with Gasteiger partial charge >= 0.3 is 0 Å². The van der Waals surface area contributed by atoms with Gasteiger partial charge in [-0.05, 0) is 28.8 Å². The van der Waals surface area contributed by atoms with E-state index in [2.05, 4.69) is 31.2 Å². The number of rotatable bonds is 4. The summed E-state index contributed by atoms with van der Waals surface area (Å²) in [5.41, 5.74) is 0. The van der Waals surface area contributed by atoms with Crippen molar-refractivity contribution in [2.45, 2.75) is 18.9 Å². The van der Waals surface area contributed by atoms with Crippen LogP contribution in [0.15, 0.2) is 10.7 Å². The molecule has 1 aliphatic heterocycles. The highest BCUT2D eigenvalue weighted by atomic mass is 79.9. The fourth-order valence-electron chi connectivity index (χ4n) is 1.89. The van der Waals surface area contributed by atoms with Crippen molar-refractivity contribution in [2.75, 3.05) is 37.5 Å². The Hall–Kier alpha value is -0.880. The first kappa shape index (κ1) is 12.6. The Morgan fingerprint density at radius 1 is 1.65 bits per heavy atom. The van der Waals surface area contributed by atoms with E-state index in [0.717, 1.165) is 36.3 Å². The van der Waals surface area contributed by atoms with Crippen LogP contribution in [0.25, 0.3) is 0 Å². The van der Waals surface area contributed by atoms with Gasteiger partial charge in [-0.3, -0.25) is 0 Å². The number of aromatic nitrogens is 2. The maximum Gasteiger partial charge on any atom is 0.227 e. The molecule has 2 rings (SSSR count). The number of likely N-dealkylation sites (N-methyl/N-ethyl adjacent to an activating group) is 1. The fourth-order valence-corrected chi connectivity index (χ4v) is 2.28. The van der Waals surface area contributed by atoms with E-state index < -0.39 is 0 Å². The fraction of sp³-hybridized carbons (Fsp3) is 0.636. The lowest BCUT2D eigenvalue weighted by Crippen LogP contribution is -2.30. The third-order valence-corrected chi connectivity index (χ3v) is 3.39. The molecular formula is C11H17BrN4O. The molecule has 0 spiro atoms. The highest BCUT2D eigenvalue weighted by molar-refractivity contribution is 9.10. The van der Waals surface area contributed by atoms with Crippen molar-refractivity contribution >= 4 is 27.7 Å². The number of hydrogen-bond donors (Lipinski definition) is 1. The number of nitrogens with one attached hydrogen (secondary N) is 1. The zero-order valence-corrected chi connectivity index (χ0v) is 11.7. The van der Waals surface area contributed by atoms with Gasteiger partial charge in [0, 0.05) is 33.4 Å². The molecule has 0 aromatic carbocycles. The van der Waals surface area contributed by atoms with Gasteiger partial charge in [0.25, 0.3) is 0 Å². The van der Waals surface area contributed by atoms with Gasteiger partial charge in [-0.2, -0.15) is 4.98 Å². The molecule has 1 N–H and O–H groups in total. The van der Waals surface area contributed by atoms with E-state index >= 15 is 0 Å². The summed E-state index contributed by atoms with van der Waals surface area (Å²) in [5.74, 6) is 1.52. The summed E-state index contributed by atoms with van der Waals surface area (Å²) in [6.45, 7) is 1.71. The summed E-state index contributed by atoms with van der Waals surface area (Å²) >= 11 is 3.40. The van der Waals surface area contributed by atoms with Gasteiger partial charge in [0.05, 0.1) is 10.6 Å². The van der Waals surface area contributed by atoms with Crippen molar-refractivity contribution in [1.82, 2.24) is 9.97 Å². The molecule has 1 aromatic rings. The zero-order valence-electron chi connectivity index (χ0n) is 10.1. The Balaban J connectivity index is 2.04. The Morgan fingerprint density at radius 2 is 2.47 bits per heavy atom. The minimum absolute atomic E-state index is 0.310. The second-order valence-corrected chi connectivity index (χ2v) is 4.99. The largest absolute Gasteiger partial charge is 0.376 e. The summed E-state index contributed by atoms with van der Waals surface area (Å²) in [6.07, 6.45) is 4.35. The summed E-state index contributed by atoms with van der Waals surface area (Å²) in [4.78, 5) is 10.8. The van der Waals surface area contributed by atoms with Gasteiger partial charge in [0.1, 0.15) is 5.82 Å². The van der Waals surface area contributed by atoms with Crippen LogP contribution in [0.3, 0.4) is 0 Å². The van der Waals surface area contributed by atoms with Gasteiger partial charge in [-0.1, -0.05) is 0 Å². The third kappa shape index (κ3) is 3.07. The summed E-state index contributed by atoms with van der Waals surface area (Å²) in [5, 5.41) is 3.03. The Morgan fingerprint density at radius 3 is 3.12 bits per heavy atom. The first-order valence-corrected chi connectivity index (χ1v) is 6.53. The second-order valence-electron chi connectivity index (χ2n) is 4.13. The van der Waals surface area contributed by atoms with Gasteiger partial charge in [-0.25, -0.2) is 4.98 Å². The lowest BCUT2D eigenvalue weighted by molar-refractivity contribution is 0.116. The van der Waals surface area contributed by atoms with Crippen molar-refractivity contribution in [3.8, 4) is 0 Å². The van der Waals surface area contributed by atoms with Crippen LogP contribution in [-0.2, 0) is 4.74 Å². The van der Waals surface area contributed by atoms with Crippen molar-refractivity contribution < 1.29 is 4.74 Å². The minimum atomic E-state index is 0.310. The molecule has 0 radical (unpaired) electrons. The Bertz CT molecular complexity index is 382. The maximum atomic E-state index is 5.60. The molecule has 1 aliphatic rings. The van der Waals surface area contributed by atoms with E-state index in [4.69, 9.17) is 4.74 Å². The van der Waals surface area contributed by atoms with Crippen LogP contribution < -0.4 is 10.2 Å². The van der Waals surface area contributed by atoms with Crippen LogP contribution in [-0.4, -0.2) is 43.3 Å². The first-order chi connectivity index (χ1) is 8.20. The quantitative estimate of drug-likeness (QED) is 0.920. The van der Waals surface area contributed by atoms with E-state index in [9.17, 15) is 0 Å². The molecule has 5 nitrogen and oxygen atoms in total. The second kappa shape index (κ2) is 5.64. The van der Waals surface area contributed by atoms with Crippen LogP contribution in [0.1, 0.15) is 12.8 Å². The van der Waals surface area contributed by atoms with E-state index in [1.54, 1.807) is 6.20 Å². The Labute approximate surface area is 110 Å². The third-order valence-electron chi connectivity index (χ3n) is 2.81. The SMILES string of the molecule is CNc1nc(N(C)C[C@@H]2CCCO2)ncc1Br. The molecule has 6 heteroatoms. The van der Waals surface area contributed by atoms with Crippen molar-refractivity contribution in [2.24, 2.45) is 0 Å². The molecule has 0 aliphatic carbocycles. The predicted octanol–water partition coefficient (Wildman–Crippen LogP) is 1.90. The average Bonchev–Trinajstić information content (AvgIpc) is 2.82. The van der Waals surface area contributed by atoms with Gasteiger partial charge < -0.3 is 15.0 Å². The topological polar surface area (TPSA) is 50.3 Å². The molecule has 94 valence electrons. The number of hydrogen-bond acceptors (Lipinski definition) is 5. The molecule has 17 heavy (non-hydrogen) atoms. The number of ether oxygens (including phenoxy) is 1. The molecule has 0 amide bonds. The number of anilines is 2. The monoisotopic (exact) mass is 300 g/mol. The summed E-state index contributed by atoms with van der Waals surface area (Å²) in [7, 11) is 3.83. The van der Waals surface area contributed by atoms with Crippen LogP contribution in [0.4, 0.5) is 11.8 Å². The maximum absolute atomic E-state index is 5.60. The van der Waals surface area contributed by atoms with Gasteiger partial charge in [0.2, 0.25) is 5.95 Å². The lowest BCUT2D eigenvalue weighted by Gasteiger charge is -2.21. The van der Waals surface area contributed by atoms with Gasteiger partial charge in [-0.15, -0.1) is 0 Å². The van der Waals surface area contributed by atoms with E-state index in [0.29, 0.717) is 12.1 Å². The average molecular weight is 301 g/mol. The summed E-state index contributed by atoms with van der Waals surface area (Å²) < 4.78 is 6.47. The molecular weight excluding hydrogens is 284 g/mol. The van der Waals surface area contributed by atoms with Crippen molar-refractivity contribution in [3.63, 3.8) is 0 Å². The van der Waals surface area contributed by atoms with Crippen molar-refractivity contribution in [1.29, 1.82) is 0 Å². The molecule has 0 saturated carbocycles. The first-order valence-electron chi connectivity index (χ1n) is 5.73. The normalized spacial score (nSPS) is 19.4. The standard InChI is InChI=1S/C11H17BrN4O/c1-13-10-9(12)6-14-11(15-10)16(2)7-8-4-3-5-17-8/h6,8H,3-5,7H2,1-2H3,(H,13,14,15)/t8-/m0/s1. The number of halogens is 1. The van der Waals surface area contributed by atoms with E-state index in [1.807, 2.05) is 19.0 Å². The van der Waals surface area contributed by atoms with Crippen LogP contribution in [0, 0.1) is 0 Å². The summed E-state index contributed by atoms with van der Waals surface area (Å²) in [6, 6.07) is 0. The van der Waals surface area contributed by atoms with E-state index in [1.165, 1.54) is 0 Å². The van der Waals surface area contributed by atoms with Crippen LogP contribution >= 0.6 is 15.9 Å². The van der Waals surface area contributed by atoms with Gasteiger partial charge in [0.15, 0.2) is 0 Å². The van der Waals surface area contributed by atoms with Crippen LogP contribution in [0.2, 0.25) is 0 Å². The highest BCUT2D eigenvalue weighted by Crippen LogP contribution is 2.21. The minimum Gasteiger partial charge on any atom is -0.376 e. The molecule has 0 unspecified atom stereocenters. The van der Waals surface area contributed by atoms with Crippen molar-refractivity contribution in [3.05, 3.63) is 10.7 Å². The molecule has 1 aromatic heterocycles. The molecule has 0 bridgehead atoms. The zero-order chi connectivity index (χ0) is 12.3.